The summed E-state index contributed by atoms with van der Waals surface area (Å²) in [5.41, 5.74) is 0.865. The Morgan fingerprint density at radius 2 is 1.02 bits per heavy atom. The van der Waals surface area contributed by atoms with Crippen molar-refractivity contribution in [3.8, 4) is 17.1 Å². The lowest BCUT2D eigenvalue weighted by molar-refractivity contribution is -0.457. The van der Waals surface area contributed by atoms with E-state index >= 15 is 0 Å². The molecule has 1 unspecified atom stereocenters. The maximum absolute atomic E-state index is 14.1. The van der Waals surface area contributed by atoms with E-state index in [2.05, 4.69) is 21.6 Å². The van der Waals surface area contributed by atoms with Gasteiger partial charge >= 0.3 is 48.1 Å². The van der Waals surface area contributed by atoms with E-state index in [1.54, 1.807) is 0 Å². The number of ether oxygens (including phenoxy) is 1. The Labute approximate surface area is 251 Å². The zero-order chi connectivity index (χ0) is 35.4. The van der Waals surface area contributed by atoms with E-state index in [1.807, 2.05) is 0 Å². The molecule has 0 aliphatic heterocycles. The lowest BCUT2D eigenvalue weighted by Gasteiger charge is -2.41. The molecule has 0 bridgehead atoms. The molecule has 2 aromatic rings. The fraction of sp³-hybridized carbons (Fsp3) is 0.630. The molecule has 0 spiro atoms. The van der Waals surface area contributed by atoms with E-state index < -0.39 is 53.8 Å². The van der Waals surface area contributed by atoms with Gasteiger partial charge in [-0.1, -0.05) is 45.4 Å². The van der Waals surface area contributed by atoms with Crippen LogP contribution >= 0.6 is 0 Å². The van der Waals surface area contributed by atoms with Gasteiger partial charge < -0.3 is 4.74 Å². The zero-order valence-electron chi connectivity index (χ0n) is 23.5. The van der Waals surface area contributed by atoms with Crippen LogP contribution in [0.15, 0.2) is 36.7 Å². The molecular weight excluding hydrogens is 672 g/mol. The number of benzene rings is 1. The van der Waals surface area contributed by atoms with Gasteiger partial charge in [-0.2, -0.15) is 70.2 Å². The zero-order valence-corrected chi connectivity index (χ0v) is 23.5. The molecule has 1 atom stereocenters. The standard InChI is InChI=1S/C27H26F16N2O/c1-2-3-4-5-6-7-8-9-16-14-44-19(45-15-16)17-10-12-18(13-11-17)46-20(28)21(29,30)22(31,32)23(33,34)24(35,36)25(37,38)26(39,40)27(41,42)43/h10-15,20H,2-9H2,1H3. The minimum atomic E-state index is -8.52. The van der Waals surface area contributed by atoms with Crippen molar-refractivity contribution in [3.05, 3.63) is 42.2 Å². The third-order valence-electron chi connectivity index (χ3n) is 6.76. The van der Waals surface area contributed by atoms with E-state index in [0.29, 0.717) is 18.6 Å². The van der Waals surface area contributed by atoms with Crippen LogP contribution in [0.3, 0.4) is 0 Å². The van der Waals surface area contributed by atoms with Crippen molar-refractivity contribution in [1.82, 2.24) is 9.97 Å². The first-order valence-corrected chi connectivity index (χ1v) is 13.5. The minimum Gasteiger partial charge on any atom is -0.454 e. The van der Waals surface area contributed by atoms with E-state index in [1.165, 1.54) is 12.4 Å². The van der Waals surface area contributed by atoms with Gasteiger partial charge in [-0.3, -0.25) is 0 Å². The Hall–Kier alpha value is -3.02. The van der Waals surface area contributed by atoms with Gasteiger partial charge in [0.25, 0.3) is 0 Å². The first-order valence-electron chi connectivity index (χ1n) is 13.5. The second-order valence-corrected chi connectivity index (χ2v) is 10.2. The molecule has 0 radical (unpaired) electrons. The molecule has 0 N–H and O–H groups in total. The quantitative estimate of drug-likeness (QED) is 0.122. The number of nitrogens with zero attached hydrogens (tertiary/aromatic N) is 2. The molecule has 1 heterocycles. The number of rotatable bonds is 17. The molecule has 1 aromatic heterocycles. The molecule has 19 heteroatoms. The van der Waals surface area contributed by atoms with Crippen molar-refractivity contribution in [2.75, 3.05) is 0 Å². The van der Waals surface area contributed by atoms with Gasteiger partial charge in [0.1, 0.15) is 5.75 Å². The molecule has 0 aliphatic carbocycles. The van der Waals surface area contributed by atoms with E-state index in [0.717, 1.165) is 62.6 Å². The summed E-state index contributed by atoms with van der Waals surface area (Å²) in [6.07, 6.45) is -1.75. The molecule has 262 valence electrons. The highest BCUT2D eigenvalue weighted by Crippen LogP contribution is 2.62. The second kappa shape index (κ2) is 14.0. The highest BCUT2D eigenvalue weighted by Gasteiger charge is 2.94. The fourth-order valence-electron chi connectivity index (χ4n) is 3.92. The van der Waals surface area contributed by atoms with Gasteiger partial charge in [0, 0.05) is 18.0 Å². The summed E-state index contributed by atoms with van der Waals surface area (Å²) in [7, 11) is 0. The SMILES string of the molecule is CCCCCCCCCc1cnc(-c2ccc(OC(F)C(F)(F)C(F)(F)C(F)(F)C(F)(F)C(F)(F)C(F)(F)C(F)(F)F)cc2)nc1. The van der Waals surface area contributed by atoms with Gasteiger partial charge in [-0.25, -0.2) is 9.97 Å². The van der Waals surface area contributed by atoms with Gasteiger partial charge in [0.2, 0.25) is 0 Å². The number of hydrogen-bond donors (Lipinski definition) is 0. The van der Waals surface area contributed by atoms with Crippen LogP contribution in [0.1, 0.15) is 57.4 Å². The highest BCUT2D eigenvalue weighted by atomic mass is 19.4. The average Bonchev–Trinajstić information content (AvgIpc) is 2.96. The lowest BCUT2D eigenvalue weighted by atomic mass is 9.91. The molecule has 0 aliphatic rings. The van der Waals surface area contributed by atoms with Crippen molar-refractivity contribution in [2.24, 2.45) is 0 Å². The molecule has 2 rings (SSSR count). The van der Waals surface area contributed by atoms with Crippen LogP contribution in [0.2, 0.25) is 0 Å². The summed E-state index contributed by atoms with van der Waals surface area (Å²) in [5, 5.41) is 0. The van der Waals surface area contributed by atoms with Crippen LogP contribution in [-0.4, -0.2) is 58.0 Å². The number of hydrogen-bond acceptors (Lipinski definition) is 3. The van der Waals surface area contributed by atoms with Crippen LogP contribution in [-0.2, 0) is 6.42 Å². The van der Waals surface area contributed by atoms with Gasteiger partial charge in [0.05, 0.1) is 0 Å². The molecule has 1 aromatic carbocycles. The average molecular weight is 698 g/mol. The van der Waals surface area contributed by atoms with Gasteiger partial charge in [-0.05, 0) is 42.7 Å². The number of aryl methyl sites for hydroxylation is 1. The second-order valence-electron chi connectivity index (χ2n) is 10.2. The lowest BCUT2D eigenvalue weighted by Crippen LogP contribution is -2.73. The van der Waals surface area contributed by atoms with Crippen molar-refractivity contribution in [3.63, 3.8) is 0 Å². The monoisotopic (exact) mass is 698 g/mol. The van der Waals surface area contributed by atoms with E-state index in [-0.39, 0.29) is 11.4 Å². The maximum atomic E-state index is 14.1. The van der Waals surface area contributed by atoms with E-state index in [4.69, 9.17) is 0 Å². The Kier molecular flexibility index (Phi) is 11.9. The summed E-state index contributed by atoms with van der Waals surface area (Å²) in [6, 6.07) is 3.03. The maximum Gasteiger partial charge on any atom is 0.460 e. The van der Waals surface area contributed by atoms with Crippen LogP contribution in [0, 0.1) is 0 Å². The molecule has 0 amide bonds. The van der Waals surface area contributed by atoms with Crippen LogP contribution in [0.4, 0.5) is 70.2 Å². The molecule has 0 fully saturated rings. The van der Waals surface area contributed by atoms with Crippen LogP contribution in [0.5, 0.6) is 5.75 Å². The Bertz CT molecular complexity index is 1250. The largest absolute Gasteiger partial charge is 0.460 e. The fourth-order valence-corrected chi connectivity index (χ4v) is 3.92. The first kappa shape index (κ1) is 39.2. The van der Waals surface area contributed by atoms with E-state index in [9.17, 15) is 70.2 Å². The van der Waals surface area contributed by atoms with Crippen molar-refractivity contribution >= 4 is 0 Å². The Morgan fingerprint density at radius 1 is 0.587 bits per heavy atom. The Balaban J connectivity index is 2.15. The molecule has 3 nitrogen and oxygen atoms in total. The van der Waals surface area contributed by atoms with Crippen molar-refractivity contribution in [1.29, 1.82) is 0 Å². The molecule has 0 saturated carbocycles. The van der Waals surface area contributed by atoms with Crippen molar-refractivity contribution in [2.45, 2.75) is 106 Å². The third kappa shape index (κ3) is 7.42. The predicted molar refractivity (Wildman–Crippen MR) is 130 cm³/mol. The van der Waals surface area contributed by atoms with Crippen LogP contribution in [0.25, 0.3) is 11.4 Å². The highest BCUT2D eigenvalue weighted by molar-refractivity contribution is 5.55. The summed E-state index contributed by atoms with van der Waals surface area (Å²) in [6.45, 7) is 2.10. The number of unbranched alkanes of at least 4 members (excludes halogenated alkanes) is 6. The topological polar surface area (TPSA) is 35.0 Å². The summed E-state index contributed by atoms with van der Waals surface area (Å²) in [5.74, 6) is -49.8. The molecule has 0 saturated heterocycles. The summed E-state index contributed by atoms with van der Waals surface area (Å²) >= 11 is 0. The van der Waals surface area contributed by atoms with Gasteiger partial charge in [0.15, 0.2) is 5.82 Å². The third-order valence-corrected chi connectivity index (χ3v) is 6.76. The summed E-state index contributed by atoms with van der Waals surface area (Å²) < 4.78 is 218. The smallest absolute Gasteiger partial charge is 0.454 e. The number of aromatic nitrogens is 2. The molecular formula is C27H26F16N2O. The van der Waals surface area contributed by atoms with Gasteiger partial charge in [-0.15, -0.1) is 0 Å². The van der Waals surface area contributed by atoms with Crippen LogP contribution < -0.4 is 4.74 Å². The number of alkyl halides is 16. The summed E-state index contributed by atoms with van der Waals surface area (Å²) in [4.78, 5) is 8.14. The first-order chi connectivity index (χ1) is 20.9. The van der Waals surface area contributed by atoms with Crippen molar-refractivity contribution < 1.29 is 75.0 Å². The molecule has 46 heavy (non-hydrogen) atoms. The minimum absolute atomic E-state index is 0.0157. The Morgan fingerprint density at radius 3 is 1.50 bits per heavy atom. The number of halogens is 16. The predicted octanol–water partition coefficient (Wildman–Crippen LogP) is 10.5. The normalized spacial score (nSPS) is 14.8.